The molecule has 1 fully saturated rings. The topological polar surface area (TPSA) is 63.7 Å². The highest BCUT2D eigenvalue weighted by atomic mass is 32.2. The number of ether oxygens (including phenoxy) is 1. The van der Waals surface area contributed by atoms with Gasteiger partial charge in [-0.2, -0.15) is 0 Å². The minimum atomic E-state index is -0.463. The lowest BCUT2D eigenvalue weighted by molar-refractivity contribution is -0.123. The number of carbonyl (C=O) groups excluding carboxylic acids is 3. The van der Waals surface area contributed by atoms with Crippen LogP contribution < -0.4 is 4.74 Å². The highest BCUT2D eigenvalue weighted by Crippen LogP contribution is 2.33. The average Bonchev–Trinajstić information content (AvgIpc) is 3.04. The number of benzene rings is 3. The van der Waals surface area contributed by atoms with E-state index in [2.05, 4.69) is 0 Å². The lowest BCUT2D eigenvalue weighted by Gasteiger charge is -2.12. The highest BCUT2D eigenvalue weighted by molar-refractivity contribution is 8.18. The highest BCUT2D eigenvalue weighted by Gasteiger charge is 2.34. The molecule has 0 spiro atoms. The summed E-state index contributed by atoms with van der Waals surface area (Å²) in [7, 11) is 0. The van der Waals surface area contributed by atoms with Crippen LogP contribution in [0.2, 0.25) is 0 Å². The number of amides is 2. The second-order valence-electron chi connectivity index (χ2n) is 6.72. The van der Waals surface area contributed by atoms with E-state index in [9.17, 15) is 18.8 Å². The standard InChI is InChI=1S/C24H16FNO4S/c25-19-10-6-17(7-11-19)15-26-22(27)21(31-24(26)29)14-16-8-12-20(13-9-16)30-23(28)18-4-2-1-3-5-18/h1-14H,15H2/b21-14-. The van der Waals surface area contributed by atoms with Gasteiger partial charge >= 0.3 is 5.97 Å². The summed E-state index contributed by atoms with van der Waals surface area (Å²) in [6.45, 7) is 0.0800. The quantitative estimate of drug-likeness (QED) is 0.311. The molecule has 0 aliphatic carbocycles. The largest absolute Gasteiger partial charge is 0.423 e. The Morgan fingerprint density at radius 1 is 0.935 bits per heavy atom. The van der Waals surface area contributed by atoms with Gasteiger partial charge in [0.15, 0.2) is 0 Å². The molecule has 0 atom stereocenters. The van der Waals surface area contributed by atoms with E-state index < -0.39 is 11.9 Å². The molecule has 31 heavy (non-hydrogen) atoms. The van der Waals surface area contributed by atoms with Gasteiger partial charge in [0.25, 0.3) is 11.1 Å². The SMILES string of the molecule is O=C(Oc1ccc(/C=C2\SC(=O)N(Cc3ccc(F)cc3)C2=O)cc1)c1ccccc1. The average molecular weight is 433 g/mol. The van der Waals surface area contributed by atoms with Gasteiger partial charge in [-0.25, -0.2) is 9.18 Å². The zero-order valence-electron chi connectivity index (χ0n) is 16.2. The van der Waals surface area contributed by atoms with E-state index in [-0.39, 0.29) is 17.6 Å². The Morgan fingerprint density at radius 2 is 1.61 bits per heavy atom. The first kappa shape index (κ1) is 20.6. The van der Waals surface area contributed by atoms with E-state index >= 15 is 0 Å². The third kappa shape index (κ3) is 4.90. The Morgan fingerprint density at radius 3 is 2.29 bits per heavy atom. The van der Waals surface area contributed by atoms with Crippen LogP contribution in [-0.4, -0.2) is 22.0 Å². The molecule has 154 valence electrons. The summed E-state index contributed by atoms with van der Waals surface area (Å²) in [4.78, 5) is 38.4. The van der Waals surface area contributed by atoms with E-state index in [1.165, 1.54) is 24.3 Å². The minimum absolute atomic E-state index is 0.0800. The van der Waals surface area contributed by atoms with Crippen LogP contribution in [0.1, 0.15) is 21.5 Å². The molecule has 2 amide bonds. The fourth-order valence-corrected chi connectivity index (χ4v) is 3.77. The van der Waals surface area contributed by atoms with Crippen LogP contribution in [0, 0.1) is 5.82 Å². The number of hydrogen-bond acceptors (Lipinski definition) is 5. The van der Waals surface area contributed by atoms with Crippen molar-refractivity contribution in [2.75, 3.05) is 0 Å². The van der Waals surface area contributed by atoms with Gasteiger partial charge in [0.2, 0.25) is 0 Å². The second kappa shape index (κ2) is 8.97. The molecule has 0 aromatic heterocycles. The van der Waals surface area contributed by atoms with Gasteiger partial charge in [0.1, 0.15) is 11.6 Å². The van der Waals surface area contributed by atoms with Gasteiger partial charge in [-0.3, -0.25) is 14.5 Å². The van der Waals surface area contributed by atoms with Gasteiger partial charge in [-0.05, 0) is 65.4 Å². The third-order valence-electron chi connectivity index (χ3n) is 4.53. The number of carbonyl (C=O) groups is 3. The van der Waals surface area contributed by atoms with Crippen molar-refractivity contribution in [1.82, 2.24) is 4.90 Å². The third-order valence-corrected chi connectivity index (χ3v) is 5.43. The minimum Gasteiger partial charge on any atom is -0.423 e. The molecule has 1 aliphatic heterocycles. The summed E-state index contributed by atoms with van der Waals surface area (Å²) in [6.07, 6.45) is 1.61. The molecule has 4 rings (SSSR count). The maximum absolute atomic E-state index is 13.1. The molecule has 3 aromatic rings. The van der Waals surface area contributed by atoms with Crippen LogP contribution in [0.4, 0.5) is 9.18 Å². The molecule has 3 aromatic carbocycles. The molecule has 0 saturated carbocycles. The van der Waals surface area contributed by atoms with Gasteiger partial charge in [-0.1, -0.05) is 42.5 Å². The Kier molecular flexibility index (Phi) is 5.95. The van der Waals surface area contributed by atoms with Crippen LogP contribution in [0.15, 0.2) is 83.8 Å². The summed E-state index contributed by atoms with van der Waals surface area (Å²) in [6, 6.07) is 20.9. The molecule has 7 heteroatoms. The molecule has 1 heterocycles. The normalized spacial score (nSPS) is 14.9. The Hall–Kier alpha value is -3.71. The summed E-state index contributed by atoms with van der Waals surface area (Å²) in [5.74, 6) is -0.875. The summed E-state index contributed by atoms with van der Waals surface area (Å²) in [5.41, 5.74) is 1.79. The summed E-state index contributed by atoms with van der Waals surface area (Å²) >= 11 is 0.850. The van der Waals surface area contributed by atoms with Gasteiger partial charge < -0.3 is 4.74 Å². The van der Waals surface area contributed by atoms with Crippen LogP contribution in [0.3, 0.4) is 0 Å². The van der Waals surface area contributed by atoms with Crippen molar-refractivity contribution in [2.45, 2.75) is 6.54 Å². The number of esters is 1. The first-order chi connectivity index (χ1) is 15.0. The first-order valence-corrected chi connectivity index (χ1v) is 10.2. The lowest BCUT2D eigenvalue weighted by atomic mass is 10.2. The first-order valence-electron chi connectivity index (χ1n) is 9.37. The fourth-order valence-electron chi connectivity index (χ4n) is 2.93. The van der Waals surface area contributed by atoms with Gasteiger partial charge in [0, 0.05) is 0 Å². The van der Waals surface area contributed by atoms with Gasteiger partial charge in [0.05, 0.1) is 17.0 Å². The molecular weight excluding hydrogens is 417 g/mol. The van der Waals surface area contributed by atoms with E-state index in [1.54, 1.807) is 54.6 Å². The zero-order chi connectivity index (χ0) is 21.8. The predicted octanol–water partition coefficient (Wildman–Crippen LogP) is 5.28. The van der Waals surface area contributed by atoms with Crippen LogP contribution in [0.5, 0.6) is 5.75 Å². The number of nitrogens with zero attached hydrogens (tertiary/aromatic N) is 1. The maximum atomic E-state index is 13.1. The van der Waals surface area contributed by atoms with Crippen molar-refractivity contribution < 1.29 is 23.5 Å². The molecule has 0 unspecified atom stereocenters. The maximum Gasteiger partial charge on any atom is 0.343 e. The predicted molar refractivity (Wildman–Crippen MR) is 116 cm³/mol. The van der Waals surface area contributed by atoms with Crippen LogP contribution >= 0.6 is 11.8 Å². The lowest BCUT2D eigenvalue weighted by Crippen LogP contribution is -2.27. The fraction of sp³-hybridized carbons (Fsp3) is 0.0417. The summed E-state index contributed by atoms with van der Waals surface area (Å²) < 4.78 is 18.4. The van der Waals surface area contributed by atoms with Crippen LogP contribution in [-0.2, 0) is 11.3 Å². The molecular formula is C24H16FNO4S. The van der Waals surface area contributed by atoms with Crippen molar-refractivity contribution in [2.24, 2.45) is 0 Å². The van der Waals surface area contributed by atoms with E-state index in [0.29, 0.717) is 27.3 Å². The van der Waals surface area contributed by atoms with Crippen molar-refractivity contribution in [1.29, 1.82) is 0 Å². The Balaban J connectivity index is 1.43. The summed E-state index contributed by atoms with van der Waals surface area (Å²) in [5, 5.41) is -0.381. The monoisotopic (exact) mass is 433 g/mol. The molecule has 0 N–H and O–H groups in total. The number of halogens is 1. The molecule has 1 aliphatic rings. The molecule has 0 bridgehead atoms. The van der Waals surface area contributed by atoms with E-state index in [4.69, 9.17) is 4.74 Å². The van der Waals surface area contributed by atoms with Crippen molar-refractivity contribution >= 4 is 35.0 Å². The zero-order valence-corrected chi connectivity index (χ0v) is 17.0. The number of rotatable bonds is 5. The molecule has 0 radical (unpaired) electrons. The molecule has 1 saturated heterocycles. The molecule has 5 nitrogen and oxygen atoms in total. The smallest absolute Gasteiger partial charge is 0.343 e. The number of thioether (sulfide) groups is 1. The van der Waals surface area contributed by atoms with Crippen molar-refractivity contribution in [3.05, 3.63) is 106 Å². The Labute approximate surface area is 182 Å². The number of imide groups is 1. The number of hydrogen-bond donors (Lipinski definition) is 0. The van der Waals surface area contributed by atoms with Crippen molar-refractivity contribution in [3.63, 3.8) is 0 Å². The second-order valence-corrected chi connectivity index (χ2v) is 7.71. The van der Waals surface area contributed by atoms with E-state index in [1.807, 2.05) is 6.07 Å². The van der Waals surface area contributed by atoms with Crippen molar-refractivity contribution in [3.8, 4) is 5.75 Å². The van der Waals surface area contributed by atoms with Gasteiger partial charge in [-0.15, -0.1) is 0 Å². The Bertz CT molecular complexity index is 1160. The van der Waals surface area contributed by atoms with E-state index in [0.717, 1.165) is 16.7 Å². The van der Waals surface area contributed by atoms with Crippen LogP contribution in [0.25, 0.3) is 6.08 Å².